The standard InChI is InChI=1S/2C6H11.C6H5.Bi.H3Si.H/c3*1-2-4-6-5-3-1;;;/h2*1H,2-6H2;1-5H;;1H3;. The van der Waals surface area contributed by atoms with Gasteiger partial charge in [-0.1, -0.05) is 0 Å². The first-order valence-corrected chi connectivity index (χ1v) is 28.0. The van der Waals surface area contributed by atoms with Gasteiger partial charge in [-0.15, -0.1) is 0 Å². The fraction of sp³-hybridized carbons (Fsp3) is 0.667. The summed E-state index contributed by atoms with van der Waals surface area (Å²) in [5, 5.41) is 0. The first-order chi connectivity index (χ1) is 9.82. The molecule has 0 bridgehead atoms. The van der Waals surface area contributed by atoms with Crippen molar-refractivity contribution in [3.63, 3.8) is 0 Å². The van der Waals surface area contributed by atoms with E-state index in [1.807, 2.05) is 3.27 Å². The van der Waals surface area contributed by atoms with Crippen molar-refractivity contribution in [1.29, 1.82) is 0 Å². The number of benzene rings is 1. The summed E-state index contributed by atoms with van der Waals surface area (Å²) in [6, 6.07) is 12.0. The molecule has 2 saturated carbocycles. The quantitative estimate of drug-likeness (QED) is 0.576. The van der Waals surface area contributed by atoms with Crippen molar-refractivity contribution in [3.05, 3.63) is 30.3 Å². The van der Waals surface area contributed by atoms with Gasteiger partial charge in [0.1, 0.15) is 0 Å². The zero-order valence-corrected chi connectivity index (χ0v) is 19.0. The van der Waals surface area contributed by atoms with E-state index in [0.717, 1.165) is 0 Å². The molecule has 0 heterocycles. The van der Waals surface area contributed by atoms with E-state index in [1.54, 1.807) is 33.1 Å². The van der Waals surface area contributed by atoms with Crippen molar-refractivity contribution in [2.45, 2.75) is 71.5 Å². The van der Waals surface area contributed by atoms with E-state index in [1.165, 1.54) is 45.8 Å². The van der Waals surface area contributed by atoms with Crippen LogP contribution in [0.5, 0.6) is 0 Å². The predicted molar refractivity (Wildman–Crippen MR) is 96.8 cm³/mol. The van der Waals surface area contributed by atoms with Gasteiger partial charge in [-0.3, -0.25) is 0 Å². The minimum absolute atomic E-state index is 1.20. The number of hydrogen-bond donors (Lipinski definition) is 0. The average molecular weight is 485 g/mol. The molecule has 0 N–H and O–H groups in total. The van der Waals surface area contributed by atoms with Crippen molar-refractivity contribution >= 4 is 30.1 Å². The molecule has 20 heavy (non-hydrogen) atoms. The molecule has 2 heteroatoms. The Morgan fingerprint density at radius 1 is 0.700 bits per heavy atom. The normalized spacial score (nSPS) is 23.8. The summed E-state index contributed by atoms with van der Waals surface area (Å²) >= 11 is -2.24. The second-order valence-corrected chi connectivity index (χ2v) is 40.4. The van der Waals surface area contributed by atoms with Crippen LogP contribution in [0.2, 0.25) is 7.25 Å². The van der Waals surface area contributed by atoms with Gasteiger partial charge in [0.25, 0.3) is 0 Å². The van der Waals surface area contributed by atoms with Crippen molar-refractivity contribution in [1.82, 2.24) is 0 Å². The molecule has 0 nitrogen and oxygen atoms in total. The molecular formula is C18H31BiSi. The molecule has 0 unspecified atom stereocenters. The molecule has 1 aromatic carbocycles. The molecule has 3 rings (SSSR count). The zero-order chi connectivity index (χ0) is 13.8. The molecule has 2 aliphatic rings. The summed E-state index contributed by atoms with van der Waals surface area (Å²) < 4.78 is 4.31. The SMILES string of the molecule is [SiH3][BiH]([c]1ccccc1)([CH]1CCCCC1)[CH]1CCCCC1. The van der Waals surface area contributed by atoms with E-state index in [2.05, 4.69) is 30.3 Å². The van der Waals surface area contributed by atoms with Crippen LogP contribution in [0.15, 0.2) is 30.3 Å². The Bertz CT molecular complexity index is 387. The summed E-state index contributed by atoms with van der Waals surface area (Å²) in [4.78, 5) is 0. The van der Waals surface area contributed by atoms with Gasteiger partial charge in [-0.05, 0) is 0 Å². The first-order valence-electron chi connectivity index (χ1n) is 8.87. The third-order valence-corrected chi connectivity index (χ3v) is 49.5. The maximum absolute atomic E-state index is 2.54. The van der Waals surface area contributed by atoms with Crippen LogP contribution < -0.4 is 3.27 Å². The van der Waals surface area contributed by atoms with Gasteiger partial charge < -0.3 is 0 Å². The van der Waals surface area contributed by atoms with Crippen LogP contribution in [-0.4, -0.2) is 26.8 Å². The van der Waals surface area contributed by atoms with Crippen molar-refractivity contribution in [2.75, 3.05) is 0 Å². The fourth-order valence-electron chi connectivity index (χ4n) is 5.01. The first kappa shape index (κ1) is 15.2. The summed E-state index contributed by atoms with van der Waals surface area (Å²) in [5.74, 6) is 0. The minimum atomic E-state index is -2.24. The van der Waals surface area contributed by atoms with Gasteiger partial charge in [0.05, 0.1) is 0 Å². The Morgan fingerprint density at radius 3 is 1.60 bits per heavy atom. The molecule has 0 spiro atoms. The summed E-state index contributed by atoms with van der Waals surface area (Å²) in [6.45, 7) is 0. The molecule has 2 fully saturated rings. The number of hydrogen-bond acceptors (Lipinski definition) is 0. The van der Waals surface area contributed by atoms with Crippen LogP contribution in [0.25, 0.3) is 0 Å². The van der Waals surface area contributed by atoms with E-state index in [-0.39, 0.29) is 0 Å². The molecule has 1 aromatic rings. The van der Waals surface area contributed by atoms with Crippen molar-refractivity contribution in [3.8, 4) is 0 Å². The van der Waals surface area contributed by atoms with Gasteiger partial charge in [0.2, 0.25) is 0 Å². The van der Waals surface area contributed by atoms with Gasteiger partial charge in [0, 0.05) is 0 Å². The summed E-state index contributed by atoms with van der Waals surface area (Å²) in [5.41, 5.74) is 0. The molecular weight excluding hydrogens is 453 g/mol. The third kappa shape index (κ3) is 3.07. The van der Waals surface area contributed by atoms with E-state index in [9.17, 15) is 0 Å². The van der Waals surface area contributed by atoms with Gasteiger partial charge in [0.15, 0.2) is 0 Å². The molecule has 0 radical (unpaired) electrons. The Kier molecular flexibility index (Phi) is 5.37. The fourth-order valence-corrected chi connectivity index (χ4v) is 40.4. The van der Waals surface area contributed by atoms with Crippen LogP contribution >= 0.6 is 0 Å². The van der Waals surface area contributed by atoms with Crippen LogP contribution in [0.3, 0.4) is 0 Å². The van der Waals surface area contributed by atoms with Gasteiger partial charge in [-0.2, -0.15) is 0 Å². The van der Waals surface area contributed by atoms with Crippen LogP contribution in [0, 0.1) is 0 Å². The monoisotopic (exact) mass is 484 g/mol. The Balaban J connectivity index is 1.92. The van der Waals surface area contributed by atoms with E-state index in [0.29, 0.717) is 0 Å². The molecule has 0 aliphatic heterocycles. The Labute approximate surface area is 131 Å². The Hall–Kier alpha value is 0.320. The van der Waals surface area contributed by atoms with Gasteiger partial charge >= 0.3 is 132 Å². The number of rotatable bonds is 3. The zero-order valence-electron chi connectivity index (χ0n) is 13.1. The predicted octanol–water partition coefficient (Wildman–Crippen LogP) is 3.61. The topological polar surface area (TPSA) is 0 Å². The average Bonchev–Trinajstić information content (AvgIpc) is 2.56. The maximum atomic E-state index is 2.54. The third-order valence-electron chi connectivity index (χ3n) is 6.30. The van der Waals surface area contributed by atoms with E-state index in [4.69, 9.17) is 0 Å². The summed E-state index contributed by atoms with van der Waals surface area (Å²) in [7, 11) is 1.56. The molecule has 0 saturated heterocycles. The second-order valence-electron chi connectivity index (χ2n) is 7.32. The molecule has 0 aromatic heterocycles. The molecule has 0 amide bonds. The molecule has 112 valence electrons. The molecule has 0 atom stereocenters. The van der Waals surface area contributed by atoms with Crippen LogP contribution in [0.1, 0.15) is 64.2 Å². The van der Waals surface area contributed by atoms with E-state index < -0.39 is 19.4 Å². The summed E-state index contributed by atoms with van der Waals surface area (Å²) in [6.07, 6.45) is 15.5. The van der Waals surface area contributed by atoms with Gasteiger partial charge in [-0.25, -0.2) is 0 Å². The van der Waals surface area contributed by atoms with Crippen molar-refractivity contribution in [2.24, 2.45) is 0 Å². The second kappa shape index (κ2) is 7.05. The van der Waals surface area contributed by atoms with Crippen LogP contribution in [-0.2, 0) is 0 Å². The van der Waals surface area contributed by atoms with E-state index >= 15 is 0 Å². The van der Waals surface area contributed by atoms with Crippen molar-refractivity contribution < 1.29 is 0 Å². The van der Waals surface area contributed by atoms with Crippen LogP contribution in [0.4, 0.5) is 0 Å². The Morgan fingerprint density at radius 2 is 1.15 bits per heavy atom. The molecule has 2 aliphatic carbocycles.